The molecule has 140 valence electrons. The molecule has 0 atom stereocenters. The van der Waals surface area contributed by atoms with Gasteiger partial charge in [0.2, 0.25) is 15.9 Å². The molecule has 1 aromatic rings. The first-order valence-corrected chi connectivity index (χ1v) is 10.2. The van der Waals surface area contributed by atoms with Gasteiger partial charge in [-0.1, -0.05) is 6.07 Å². The van der Waals surface area contributed by atoms with Gasteiger partial charge >= 0.3 is 0 Å². The summed E-state index contributed by atoms with van der Waals surface area (Å²) in [5.41, 5.74) is 2.01. The molecule has 0 aromatic heterocycles. The van der Waals surface area contributed by atoms with Crippen LogP contribution in [-0.2, 0) is 14.8 Å². The molecule has 0 bridgehead atoms. The van der Waals surface area contributed by atoms with Gasteiger partial charge in [0.25, 0.3) is 0 Å². The molecule has 1 aliphatic rings. The monoisotopic (exact) mass is 368 g/mol. The summed E-state index contributed by atoms with van der Waals surface area (Å²) in [7, 11) is -3.52. The number of sulfonamides is 1. The van der Waals surface area contributed by atoms with Crippen LogP contribution < -0.4 is 0 Å². The molecule has 7 heteroatoms. The van der Waals surface area contributed by atoms with Crippen LogP contribution in [0.15, 0.2) is 23.1 Å². The van der Waals surface area contributed by atoms with Crippen LogP contribution in [0.1, 0.15) is 30.9 Å². The van der Waals surface area contributed by atoms with Crippen LogP contribution in [0.25, 0.3) is 0 Å². The van der Waals surface area contributed by atoms with Crippen LogP contribution in [-0.4, -0.2) is 61.4 Å². The first-order chi connectivity index (χ1) is 11.8. The van der Waals surface area contributed by atoms with Gasteiger partial charge in [0.1, 0.15) is 0 Å². The van der Waals surface area contributed by atoms with Crippen molar-refractivity contribution in [3.8, 4) is 0 Å². The summed E-state index contributed by atoms with van der Waals surface area (Å²) >= 11 is 0. The van der Waals surface area contributed by atoms with E-state index in [1.54, 1.807) is 17.0 Å². The number of piperidine rings is 1. The third-order valence-electron chi connectivity index (χ3n) is 4.98. The highest BCUT2D eigenvalue weighted by molar-refractivity contribution is 7.89. The van der Waals surface area contributed by atoms with Crippen molar-refractivity contribution in [1.29, 1.82) is 0 Å². The standard InChI is InChI=1S/C18H28N2O4S/c1-4-19(11-12-21)18(22)16-7-9-20(10-8-16)25(23,24)17-6-5-14(2)15(3)13-17/h5-6,13,16,21H,4,7-12H2,1-3H3. The van der Waals surface area contributed by atoms with Gasteiger partial charge in [0, 0.05) is 32.1 Å². The number of benzene rings is 1. The maximum absolute atomic E-state index is 12.8. The lowest BCUT2D eigenvalue weighted by atomic mass is 9.96. The zero-order chi connectivity index (χ0) is 18.6. The van der Waals surface area contributed by atoms with Gasteiger partial charge in [-0.3, -0.25) is 4.79 Å². The third kappa shape index (κ3) is 4.40. The SMILES string of the molecule is CCN(CCO)C(=O)C1CCN(S(=O)(=O)c2ccc(C)c(C)c2)CC1. The minimum Gasteiger partial charge on any atom is -0.395 e. The Morgan fingerprint density at radius 3 is 2.40 bits per heavy atom. The van der Waals surface area contributed by atoms with E-state index in [0.29, 0.717) is 43.9 Å². The van der Waals surface area contributed by atoms with Gasteiger partial charge < -0.3 is 10.0 Å². The number of rotatable bonds is 6. The number of carbonyl (C=O) groups excluding carboxylic acids is 1. The Morgan fingerprint density at radius 1 is 1.24 bits per heavy atom. The van der Waals surface area contributed by atoms with Gasteiger partial charge in [0.15, 0.2) is 0 Å². The summed E-state index contributed by atoms with van der Waals surface area (Å²) in [5.74, 6) is -0.155. The quantitative estimate of drug-likeness (QED) is 0.826. The minimum absolute atomic E-state index is 0.0137. The molecule has 0 saturated carbocycles. The zero-order valence-corrected chi connectivity index (χ0v) is 16.1. The van der Waals surface area contributed by atoms with E-state index in [0.717, 1.165) is 11.1 Å². The van der Waals surface area contributed by atoms with Crippen LogP contribution in [0.5, 0.6) is 0 Å². The van der Waals surface area contributed by atoms with Crippen molar-refractivity contribution in [2.75, 3.05) is 32.8 Å². The average molecular weight is 368 g/mol. The first-order valence-electron chi connectivity index (χ1n) is 8.78. The Labute approximate surface area is 150 Å². The first kappa shape index (κ1) is 19.9. The van der Waals surface area contributed by atoms with Crippen molar-refractivity contribution >= 4 is 15.9 Å². The van der Waals surface area contributed by atoms with E-state index < -0.39 is 10.0 Å². The predicted molar refractivity (Wildman–Crippen MR) is 96.7 cm³/mol. The van der Waals surface area contributed by atoms with Gasteiger partial charge in [-0.05, 0) is 56.9 Å². The van der Waals surface area contributed by atoms with E-state index in [-0.39, 0.29) is 18.4 Å². The molecule has 1 saturated heterocycles. The molecule has 1 amide bonds. The number of hydrogen-bond donors (Lipinski definition) is 1. The fourth-order valence-electron chi connectivity index (χ4n) is 3.17. The highest BCUT2D eigenvalue weighted by Crippen LogP contribution is 2.26. The molecular formula is C18H28N2O4S. The Hall–Kier alpha value is -1.44. The number of aliphatic hydroxyl groups is 1. The number of likely N-dealkylation sites (N-methyl/N-ethyl adjacent to an activating group) is 1. The Kier molecular flexibility index (Phi) is 6.59. The Balaban J connectivity index is 2.05. The van der Waals surface area contributed by atoms with Crippen molar-refractivity contribution < 1.29 is 18.3 Å². The van der Waals surface area contributed by atoms with Gasteiger partial charge in [0.05, 0.1) is 11.5 Å². The molecule has 2 rings (SSSR count). The van der Waals surface area contributed by atoms with E-state index >= 15 is 0 Å². The summed E-state index contributed by atoms with van der Waals surface area (Å²) < 4.78 is 27.1. The van der Waals surface area contributed by atoms with E-state index in [9.17, 15) is 13.2 Å². The lowest BCUT2D eigenvalue weighted by Gasteiger charge is -2.33. The van der Waals surface area contributed by atoms with Crippen molar-refractivity contribution in [2.24, 2.45) is 5.92 Å². The normalized spacial score (nSPS) is 16.8. The molecule has 1 aromatic carbocycles. The van der Waals surface area contributed by atoms with Gasteiger partial charge in [-0.25, -0.2) is 8.42 Å². The summed E-state index contributed by atoms with van der Waals surface area (Å²) in [6.45, 7) is 7.27. The second-order valence-electron chi connectivity index (χ2n) is 6.57. The molecular weight excluding hydrogens is 340 g/mol. The molecule has 0 unspecified atom stereocenters. The molecule has 1 fully saturated rings. The van der Waals surface area contributed by atoms with Crippen LogP contribution in [0.3, 0.4) is 0 Å². The van der Waals surface area contributed by atoms with E-state index in [4.69, 9.17) is 5.11 Å². The fraction of sp³-hybridized carbons (Fsp3) is 0.611. The highest BCUT2D eigenvalue weighted by Gasteiger charge is 2.33. The largest absolute Gasteiger partial charge is 0.395 e. The molecule has 6 nitrogen and oxygen atoms in total. The van der Waals surface area contributed by atoms with Crippen LogP contribution in [0, 0.1) is 19.8 Å². The van der Waals surface area contributed by atoms with Gasteiger partial charge in [-0.2, -0.15) is 4.31 Å². The zero-order valence-electron chi connectivity index (χ0n) is 15.2. The summed E-state index contributed by atoms with van der Waals surface area (Å²) in [6.07, 6.45) is 1.04. The number of carbonyl (C=O) groups is 1. The molecule has 1 aliphatic heterocycles. The van der Waals surface area contributed by atoms with Crippen LogP contribution in [0.4, 0.5) is 0 Å². The van der Waals surface area contributed by atoms with E-state index in [1.807, 2.05) is 26.8 Å². The van der Waals surface area contributed by atoms with Gasteiger partial charge in [-0.15, -0.1) is 0 Å². The Bertz CT molecular complexity index is 710. The van der Waals surface area contributed by atoms with Crippen molar-refractivity contribution in [1.82, 2.24) is 9.21 Å². The van der Waals surface area contributed by atoms with Crippen LogP contribution in [0.2, 0.25) is 0 Å². The maximum atomic E-state index is 12.8. The lowest BCUT2D eigenvalue weighted by molar-refractivity contribution is -0.137. The number of amides is 1. The van der Waals surface area contributed by atoms with E-state index in [1.165, 1.54) is 4.31 Å². The summed E-state index contributed by atoms with van der Waals surface area (Å²) in [5, 5.41) is 9.05. The topological polar surface area (TPSA) is 77.9 Å². The molecule has 0 radical (unpaired) electrons. The maximum Gasteiger partial charge on any atom is 0.243 e. The molecule has 1 N–H and O–H groups in total. The van der Waals surface area contributed by atoms with Crippen molar-refractivity contribution in [3.05, 3.63) is 29.3 Å². The molecule has 25 heavy (non-hydrogen) atoms. The second-order valence-corrected chi connectivity index (χ2v) is 8.50. The number of aliphatic hydroxyl groups excluding tert-OH is 1. The number of aryl methyl sites for hydroxylation is 2. The van der Waals surface area contributed by atoms with E-state index in [2.05, 4.69) is 0 Å². The summed E-state index contributed by atoms with van der Waals surface area (Å²) in [4.78, 5) is 14.4. The fourth-order valence-corrected chi connectivity index (χ4v) is 4.72. The number of hydrogen-bond acceptors (Lipinski definition) is 4. The number of nitrogens with zero attached hydrogens (tertiary/aromatic N) is 2. The molecule has 0 spiro atoms. The predicted octanol–water partition coefficient (Wildman–Crippen LogP) is 1.54. The van der Waals surface area contributed by atoms with Crippen molar-refractivity contribution in [2.45, 2.75) is 38.5 Å². The molecule has 1 heterocycles. The lowest BCUT2D eigenvalue weighted by Crippen LogP contribution is -2.45. The minimum atomic E-state index is -3.52. The highest BCUT2D eigenvalue weighted by atomic mass is 32.2. The Morgan fingerprint density at radius 2 is 1.88 bits per heavy atom. The molecule has 0 aliphatic carbocycles. The van der Waals surface area contributed by atoms with Crippen LogP contribution >= 0.6 is 0 Å². The third-order valence-corrected chi connectivity index (χ3v) is 6.88. The second kappa shape index (κ2) is 8.29. The summed E-state index contributed by atoms with van der Waals surface area (Å²) in [6, 6.07) is 5.18. The van der Waals surface area contributed by atoms with Crippen molar-refractivity contribution in [3.63, 3.8) is 0 Å². The smallest absolute Gasteiger partial charge is 0.243 e. The average Bonchev–Trinajstić information content (AvgIpc) is 2.61.